The second-order valence-corrected chi connectivity index (χ2v) is 7.61. The molecule has 24 heavy (non-hydrogen) atoms. The van der Waals surface area contributed by atoms with Crippen LogP contribution in [0.15, 0.2) is 46.5 Å². The number of fused-ring (bicyclic) bond motifs is 1. The van der Waals surface area contributed by atoms with Crippen LogP contribution in [0.1, 0.15) is 6.92 Å². The Hall–Kier alpha value is -2.25. The van der Waals surface area contributed by atoms with Gasteiger partial charge in [0.2, 0.25) is 15.0 Å². The molecule has 2 heterocycles. The Balaban J connectivity index is 2.39. The van der Waals surface area contributed by atoms with Gasteiger partial charge in [0.05, 0.1) is 0 Å². The first-order chi connectivity index (χ1) is 11.3. The SMILES string of the molecule is CCn1c(=O)c(-c2ccccc2Cl)cc2cnc(S(C)(=O)=O)nc21. The van der Waals surface area contributed by atoms with E-state index in [-0.39, 0.29) is 16.4 Å². The van der Waals surface area contributed by atoms with Crippen LogP contribution >= 0.6 is 11.6 Å². The lowest BCUT2D eigenvalue weighted by atomic mass is 10.1. The maximum Gasteiger partial charge on any atom is 0.260 e. The molecule has 3 aromatic rings. The maximum atomic E-state index is 12.8. The second-order valence-electron chi connectivity index (χ2n) is 5.29. The quantitative estimate of drug-likeness (QED) is 0.668. The molecule has 124 valence electrons. The van der Waals surface area contributed by atoms with Crippen molar-refractivity contribution in [1.82, 2.24) is 14.5 Å². The Morgan fingerprint density at radius 2 is 1.92 bits per heavy atom. The van der Waals surface area contributed by atoms with E-state index in [0.29, 0.717) is 28.1 Å². The van der Waals surface area contributed by atoms with Gasteiger partial charge >= 0.3 is 0 Å². The average molecular weight is 364 g/mol. The van der Waals surface area contributed by atoms with Gasteiger partial charge in [0.15, 0.2) is 0 Å². The third-order valence-corrected chi connectivity index (χ3v) is 4.81. The third-order valence-electron chi connectivity index (χ3n) is 3.62. The van der Waals surface area contributed by atoms with E-state index in [1.165, 1.54) is 10.8 Å². The predicted octanol–water partition coefficient (Wildman–Crippen LogP) is 2.54. The fraction of sp³-hybridized carbons (Fsp3) is 0.188. The molecule has 0 amide bonds. The summed E-state index contributed by atoms with van der Waals surface area (Å²) in [5, 5.41) is 0.728. The first-order valence-corrected chi connectivity index (χ1v) is 9.45. The number of halogens is 1. The van der Waals surface area contributed by atoms with E-state index in [0.717, 1.165) is 6.26 Å². The van der Waals surface area contributed by atoms with Gasteiger partial charge in [-0.1, -0.05) is 29.8 Å². The topological polar surface area (TPSA) is 81.9 Å². The van der Waals surface area contributed by atoms with E-state index < -0.39 is 9.84 Å². The molecule has 0 aliphatic carbocycles. The fourth-order valence-electron chi connectivity index (χ4n) is 2.49. The zero-order valence-electron chi connectivity index (χ0n) is 13.0. The van der Waals surface area contributed by atoms with Gasteiger partial charge in [-0.05, 0) is 19.1 Å². The molecule has 0 bridgehead atoms. The predicted molar refractivity (Wildman–Crippen MR) is 93.0 cm³/mol. The van der Waals surface area contributed by atoms with Crippen LogP contribution in [0.3, 0.4) is 0 Å². The van der Waals surface area contributed by atoms with Crippen LogP contribution < -0.4 is 5.56 Å². The highest BCUT2D eigenvalue weighted by atomic mass is 35.5. The Kier molecular flexibility index (Phi) is 4.15. The Labute approximate surface area is 143 Å². The van der Waals surface area contributed by atoms with Crippen molar-refractivity contribution in [3.05, 3.63) is 51.9 Å². The Morgan fingerprint density at radius 1 is 1.21 bits per heavy atom. The van der Waals surface area contributed by atoms with E-state index in [1.807, 2.05) is 0 Å². The first kappa shape index (κ1) is 16.6. The number of hydrogen-bond donors (Lipinski definition) is 0. The van der Waals surface area contributed by atoms with Gasteiger partial charge in [-0.25, -0.2) is 13.4 Å². The van der Waals surface area contributed by atoms with Crippen LogP contribution in [0.25, 0.3) is 22.2 Å². The summed E-state index contributed by atoms with van der Waals surface area (Å²) >= 11 is 6.20. The average Bonchev–Trinajstić information content (AvgIpc) is 2.54. The van der Waals surface area contributed by atoms with Gasteiger partial charge in [0.25, 0.3) is 5.56 Å². The van der Waals surface area contributed by atoms with Gasteiger partial charge in [0.1, 0.15) is 5.65 Å². The van der Waals surface area contributed by atoms with Crippen molar-refractivity contribution in [2.45, 2.75) is 18.6 Å². The van der Waals surface area contributed by atoms with Gasteiger partial charge in [-0.2, -0.15) is 4.98 Å². The molecular formula is C16H14ClN3O3S. The number of benzene rings is 1. The van der Waals surface area contributed by atoms with Crippen molar-refractivity contribution in [1.29, 1.82) is 0 Å². The summed E-state index contributed by atoms with van der Waals surface area (Å²) in [7, 11) is -3.56. The highest BCUT2D eigenvalue weighted by molar-refractivity contribution is 7.90. The zero-order valence-corrected chi connectivity index (χ0v) is 14.6. The number of hydrogen-bond acceptors (Lipinski definition) is 5. The van der Waals surface area contributed by atoms with Crippen LogP contribution in [-0.4, -0.2) is 29.2 Å². The maximum absolute atomic E-state index is 12.8. The number of aromatic nitrogens is 3. The normalized spacial score (nSPS) is 11.8. The first-order valence-electron chi connectivity index (χ1n) is 7.18. The Morgan fingerprint density at radius 3 is 2.54 bits per heavy atom. The minimum Gasteiger partial charge on any atom is -0.292 e. The van der Waals surface area contributed by atoms with Crippen molar-refractivity contribution in [2.24, 2.45) is 0 Å². The molecule has 0 saturated heterocycles. The molecule has 0 spiro atoms. The molecule has 0 unspecified atom stereocenters. The lowest BCUT2D eigenvalue weighted by molar-refractivity contribution is 0.593. The summed E-state index contributed by atoms with van der Waals surface area (Å²) in [6.45, 7) is 2.13. The molecule has 0 atom stereocenters. The van der Waals surface area contributed by atoms with Crippen molar-refractivity contribution in [3.8, 4) is 11.1 Å². The molecule has 2 aromatic heterocycles. The van der Waals surface area contributed by atoms with E-state index in [9.17, 15) is 13.2 Å². The largest absolute Gasteiger partial charge is 0.292 e. The van der Waals surface area contributed by atoms with Gasteiger partial charge < -0.3 is 0 Å². The number of sulfone groups is 1. The van der Waals surface area contributed by atoms with Gasteiger partial charge in [-0.15, -0.1) is 0 Å². The van der Waals surface area contributed by atoms with Crippen molar-refractivity contribution >= 4 is 32.5 Å². The Bertz CT molecular complexity index is 1110. The number of nitrogens with zero attached hydrogens (tertiary/aromatic N) is 3. The smallest absolute Gasteiger partial charge is 0.260 e. The van der Waals surface area contributed by atoms with Crippen molar-refractivity contribution < 1.29 is 8.42 Å². The minimum absolute atomic E-state index is 0.281. The summed E-state index contributed by atoms with van der Waals surface area (Å²) in [4.78, 5) is 20.8. The van der Waals surface area contributed by atoms with Crippen LogP contribution in [0.5, 0.6) is 0 Å². The molecule has 1 aromatic carbocycles. The second kappa shape index (κ2) is 5.99. The van der Waals surface area contributed by atoms with Crippen LogP contribution in [0.4, 0.5) is 0 Å². The van der Waals surface area contributed by atoms with Gasteiger partial charge in [0, 0.05) is 40.5 Å². The van der Waals surface area contributed by atoms with Crippen LogP contribution in [0.2, 0.25) is 5.02 Å². The summed E-state index contributed by atoms with van der Waals surface area (Å²) in [5.41, 5.74) is 1.04. The fourth-order valence-corrected chi connectivity index (χ4v) is 3.22. The standard InChI is InChI=1S/C16H14ClN3O3S/c1-3-20-14-10(9-18-16(19-14)24(2,22)23)8-12(15(20)21)11-6-4-5-7-13(11)17/h4-9H,3H2,1-2H3. The molecule has 6 nitrogen and oxygen atoms in total. The van der Waals surface area contributed by atoms with Crippen LogP contribution in [-0.2, 0) is 16.4 Å². The summed E-state index contributed by atoms with van der Waals surface area (Å²) in [6, 6.07) is 8.69. The molecule has 3 rings (SSSR count). The molecule has 0 aliphatic heterocycles. The summed E-state index contributed by atoms with van der Waals surface area (Å²) < 4.78 is 24.7. The number of rotatable bonds is 3. The number of pyridine rings is 1. The lowest BCUT2D eigenvalue weighted by Gasteiger charge is -2.11. The number of aryl methyl sites for hydroxylation is 1. The summed E-state index contributed by atoms with van der Waals surface area (Å²) in [6.07, 6.45) is 2.44. The summed E-state index contributed by atoms with van der Waals surface area (Å²) in [5.74, 6) is 0. The van der Waals surface area contributed by atoms with E-state index >= 15 is 0 Å². The molecule has 0 saturated carbocycles. The lowest BCUT2D eigenvalue weighted by Crippen LogP contribution is -2.23. The van der Waals surface area contributed by atoms with Crippen LogP contribution in [0, 0.1) is 0 Å². The molecule has 0 radical (unpaired) electrons. The monoisotopic (exact) mass is 363 g/mol. The molecule has 0 fully saturated rings. The van der Waals surface area contributed by atoms with E-state index in [2.05, 4.69) is 9.97 Å². The van der Waals surface area contributed by atoms with Crippen molar-refractivity contribution in [3.63, 3.8) is 0 Å². The van der Waals surface area contributed by atoms with E-state index in [4.69, 9.17) is 11.6 Å². The molecular weight excluding hydrogens is 350 g/mol. The highest BCUT2D eigenvalue weighted by Gasteiger charge is 2.17. The molecule has 8 heteroatoms. The van der Waals surface area contributed by atoms with E-state index in [1.54, 1.807) is 37.3 Å². The molecule has 0 N–H and O–H groups in total. The van der Waals surface area contributed by atoms with Crippen molar-refractivity contribution in [2.75, 3.05) is 6.26 Å². The highest BCUT2D eigenvalue weighted by Crippen LogP contribution is 2.27. The minimum atomic E-state index is -3.56. The molecule has 0 aliphatic rings. The zero-order chi connectivity index (χ0) is 17.5. The third kappa shape index (κ3) is 2.81. The van der Waals surface area contributed by atoms with Gasteiger partial charge in [-0.3, -0.25) is 9.36 Å².